The summed E-state index contributed by atoms with van der Waals surface area (Å²) < 4.78 is 5.76. The number of nitrogens with one attached hydrogen (secondary N) is 1. The van der Waals surface area contributed by atoms with E-state index in [0.717, 1.165) is 0 Å². The lowest BCUT2D eigenvalue weighted by Crippen LogP contribution is -2.27. The molecule has 0 atom stereocenters. The molecule has 0 heterocycles. The number of hydrogen-bond acceptors (Lipinski definition) is 3. The molecule has 0 bridgehead atoms. The number of carbonyl (C=O) groups is 2. The van der Waals surface area contributed by atoms with Crippen LogP contribution in [0.25, 0.3) is 0 Å². The molecule has 0 aromatic heterocycles. The number of carbonyl (C=O) groups excluding carboxylic acids is 2. The van der Waals surface area contributed by atoms with Crippen molar-refractivity contribution in [2.45, 2.75) is 6.92 Å². The summed E-state index contributed by atoms with van der Waals surface area (Å²) in [5, 5.41) is 2.46. The van der Waals surface area contributed by atoms with E-state index in [1.165, 1.54) is 6.92 Å². The Hall–Kier alpha value is -1.36. The van der Waals surface area contributed by atoms with Crippen molar-refractivity contribution in [1.29, 1.82) is 0 Å². The summed E-state index contributed by atoms with van der Waals surface area (Å²) in [4.78, 5) is 22.3. The van der Waals surface area contributed by atoms with Gasteiger partial charge in [0.25, 0.3) is 0 Å². The van der Waals surface area contributed by atoms with Crippen molar-refractivity contribution in [3.8, 4) is 5.75 Å². The van der Waals surface area contributed by atoms with Gasteiger partial charge >= 0.3 is 0 Å². The number of rotatable bonds is 4. The molecule has 4 nitrogen and oxygen atoms in total. The lowest BCUT2D eigenvalue weighted by molar-refractivity contribution is -0.118. The number of ketones is 1. The van der Waals surface area contributed by atoms with Crippen LogP contribution in [0.5, 0.6) is 5.75 Å². The van der Waals surface area contributed by atoms with Crippen molar-refractivity contribution in [2.24, 2.45) is 0 Å². The second kappa shape index (κ2) is 5.65. The minimum Gasteiger partial charge on any atom is -0.496 e. The van der Waals surface area contributed by atoms with Crippen molar-refractivity contribution in [1.82, 2.24) is 5.32 Å². The van der Waals surface area contributed by atoms with E-state index < -0.39 is 0 Å². The molecule has 5 heteroatoms. The Labute approximate surface area is 102 Å². The fourth-order valence-corrected chi connectivity index (χ4v) is 1.69. The number of halogens is 1. The van der Waals surface area contributed by atoms with Crippen molar-refractivity contribution in [3.05, 3.63) is 28.2 Å². The molecule has 0 aliphatic carbocycles. The molecule has 86 valence electrons. The van der Waals surface area contributed by atoms with Gasteiger partial charge in [-0.1, -0.05) is 0 Å². The molecule has 0 fully saturated rings. The number of ether oxygens (including phenoxy) is 1. The minimum atomic E-state index is -0.221. The second-order valence-electron chi connectivity index (χ2n) is 3.18. The average molecular weight is 286 g/mol. The summed E-state index contributed by atoms with van der Waals surface area (Å²) in [7, 11) is 1.55. The van der Waals surface area contributed by atoms with E-state index in [4.69, 9.17) is 4.74 Å². The zero-order valence-electron chi connectivity index (χ0n) is 9.04. The van der Waals surface area contributed by atoms with E-state index in [0.29, 0.717) is 15.8 Å². The highest BCUT2D eigenvalue weighted by atomic mass is 79.9. The van der Waals surface area contributed by atoms with Gasteiger partial charge in [-0.3, -0.25) is 9.59 Å². The lowest BCUT2D eigenvalue weighted by atomic mass is 10.1. The van der Waals surface area contributed by atoms with Crippen LogP contribution in [-0.4, -0.2) is 25.3 Å². The first-order chi connectivity index (χ1) is 7.54. The highest BCUT2D eigenvalue weighted by molar-refractivity contribution is 9.10. The normalized spacial score (nSPS) is 9.69. The Morgan fingerprint density at radius 2 is 2.12 bits per heavy atom. The van der Waals surface area contributed by atoms with Gasteiger partial charge in [-0.2, -0.15) is 0 Å². The highest BCUT2D eigenvalue weighted by Crippen LogP contribution is 2.25. The molecule has 1 amide bonds. The molecule has 0 unspecified atom stereocenters. The van der Waals surface area contributed by atoms with Crippen molar-refractivity contribution >= 4 is 27.6 Å². The molecule has 16 heavy (non-hydrogen) atoms. The van der Waals surface area contributed by atoms with Crippen LogP contribution in [0.2, 0.25) is 0 Å². The lowest BCUT2D eigenvalue weighted by Gasteiger charge is -2.06. The van der Waals surface area contributed by atoms with Gasteiger partial charge in [-0.15, -0.1) is 0 Å². The van der Waals surface area contributed by atoms with Gasteiger partial charge in [0, 0.05) is 12.5 Å². The topological polar surface area (TPSA) is 55.4 Å². The van der Waals surface area contributed by atoms with E-state index in [1.54, 1.807) is 25.3 Å². The van der Waals surface area contributed by atoms with E-state index in [9.17, 15) is 9.59 Å². The number of methoxy groups -OCH3 is 1. The average Bonchev–Trinajstić information content (AvgIpc) is 2.25. The molecule has 1 aromatic rings. The maximum absolute atomic E-state index is 11.6. The maximum atomic E-state index is 11.6. The Balaban J connectivity index is 2.77. The molecule has 0 saturated carbocycles. The van der Waals surface area contributed by atoms with Crippen LogP contribution >= 0.6 is 15.9 Å². The number of hydrogen-bond donors (Lipinski definition) is 1. The van der Waals surface area contributed by atoms with E-state index in [1.807, 2.05) is 0 Å². The second-order valence-corrected chi connectivity index (χ2v) is 4.04. The Kier molecular flexibility index (Phi) is 4.49. The molecular weight excluding hydrogens is 274 g/mol. The number of Topliss-reactive ketones (excluding diaryl/α,β-unsaturated/α-hetero) is 1. The van der Waals surface area contributed by atoms with Crippen LogP contribution in [0, 0.1) is 0 Å². The molecule has 1 N–H and O–H groups in total. The van der Waals surface area contributed by atoms with Crippen LogP contribution in [0.3, 0.4) is 0 Å². The van der Waals surface area contributed by atoms with Crippen LogP contribution in [0.1, 0.15) is 17.3 Å². The standard InChI is InChI=1S/C11H12BrNO3/c1-7(14)13-6-10(15)8-3-4-11(16-2)9(12)5-8/h3-5H,6H2,1-2H3,(H,13,14). The Morgan fingerprint density at radius 3 is 2.62 bits per heavy atom. The number of benzene rings is 1. The van der Waals surface area contributed by atoms with Gasteiger partial charge in [0.1, 0.15) is 5.75 Å². The van der Waals surface area contributed by atoms with Gasteiger partial charge < -0.3 is 10.1 Å². The molecule has 0 saturated heterocycles. The first kappa shape index (κ1) is 12.7. The van der Waals surface area contributed by atoms with Crippen molar-refractivity contribution < 1.29 is 14.3 Å². The predicted octanol–water partition coefficient (Wildman–Crippen LogP) is 1.78. The summed E-state index contributed by atoms with van der Waals surface area (Å²) in [5.74, 6) is 0.301. The fourth-order valence-electron chi connectivity index (χ4n) is 1.15. The van der Waals surface area contributed by atoms with E-state index in [2.05, 4.69) is 21.2 Å². The fraction of sp³-hybridized carbons (Fsp3) is 0.273. The zero-order chi connectivity index (χ0) is 12.1. The molecule has 1 aromatic carbocycles. The Bertz CT molecular complexity index is 418. The predicted molar refractivity (Wildman–Crippen MR) is 63.7 cm³/mol. The Morgan fingerprint density at radius 1 is 1.44 bits per heavy atom. The summed E-state index contributed by atoms with van der Waals surface area (Å²) in [5.41, 5.74) is 0.529. The smallest absolute Gasteiger partial charge is 0.217 e. The summed E-state index contributed by atoms with van der Waals surface area (Å²) in [6, 6.07) is 5.03. The van der Waals surface area contributed by atoms with Gasteiger partial charge in [0.2, 0.25) is 5.91 Å². The maximum Gasteiger partial charge on any atom is 0.217 e. The van der Waals surface area contributed by atoms with Gasteiger partial charge in [-0.05, 0) is 34.1 Å². The SMILES string of the molecule is COc1ccc(C(=O)CNC(C)=O)cc1Br. The monoisotopic (exact) mass is 285 g/mol. The number of amides is 1. The van der Waals surface area contributed by atoms with Crippen LogP contribution in [-0.2, 0) is 4.79 Å². The van der Waals surface area contributed by atoms with Gasteiger partial charge in [-0.25, -0.2) is 0 Å². The van der Waals surface area contributed by atoms with Crippen LogP contribution < -0.4 is 10.1 Å². The van der Waals surface area contributed by atoms with E-state index in [-0.39, 0.29) is 18.2 Å². The van der Waals surface area contributed by atoms with Crippen LogP contribution in [0.4, 0.5) is 0 Å². The van der Waals surface area contributed by atoms with Crippen LogP contribution in [0.15, 0.2) is 22.7 Å². The molecule has 0 aliphatic heterocycles. The molecule has 0 radical (unpaired) electrons. The zero-order valence-corrected chi connectivity index (χ0v) is 10.6. The summed E-state index contributed by atoms with van der Waals surface area (Å²) in [6.07, 6.45) is 0. The van der Waals surface area contributed by atoms with Crippen molar-refractivity contribution in [2.75, 3.05) is 13.7 Å². The molecule has 1 rings (SSSR count). The first-order valence-electron chi connectivity index (χ1n) is 4.65. The third kappa shape index (κ3) is 3.34. The highest BCUT2D eigenvalue weighted by Gasteiger charge is 2.09. The van der Waals surface area contributed by atoms with E-state index >= 15 is 0 Å². The summed E-state index contributed by atoms with van der Waals surface area (Å²) in [6.45, 7) is 1.38. The largest absolute Gasteiger partial charge is 0.496 e. The van der Waals surface area contributed by atoms with Gasteiger partial charge in [0.05, 0.1) is 18.1 Å². The summed E-state index contributed by atoms with van der Waals surface area (Å²) >= 11 is 3.29. The third-order valence-corrected chi connectivity index (χ3v) is 2.59. The quantitative estimate of drug-likeness (QED) is 0.858. The van der Waals surface area contributed by atoms with Crippen molar-refractivity contribution in [3.63, 3.8) is 0 Å². The molecule has 0 spiro atoms. The molecular formula is C11H12BrNO3. The first-order valence-corrected chi connectivity index (χ1v) is 5.45. The van der Waals surface area contributed by atoms with Gasteiger partial charge in [0.15, 0.2) is 5.78 Å². The third-order valence-electron chi connectivity index (χ3n) is 1.97. The molecule has 0 aliphatic rings. The minimum absolute atomic E-state index is 0.00804.